The fourth-order valence-corrected chi connectivity index (χ4v) is 4.47. The van der Waals surface area contributed by atoms with E-state index >= 15 is 0 Å². The molecule has 1 aromatic carbocycles. The maximum atomic E-state index is 12.2. The predicted molar refractivity (Wildman–Crippen MR) is 125 cm³/mol. The number of amides is 3. The number of carbonyl (C=O) groups is 2. The highest BCUT2D eigenvalue weighted by Gasteiger charge is 2.23. The van der Waals surface area contributed by atoms with E-state index in [1.165, 1.54) is 31.0 Å². The number of thioether (sulfide) groups is 1. The van der Waals surface area contributed by atoms with E-state index in [0.29, 0.717) is 24.3 Å². The topological polar surface area (TPSA) is 110 Å². The van der Waals surface area contributed by atoms with E-state index in [9.17, 15) is 9.59 Å². The molecule has 1 fully saturated rings. The number of aromatic nitrogens is 3. The van der Waals surface area contributed by atoms with Crippen LogP contribution in [0.25, 0.3) is 0 Å². The van der Waals surface area contributed by atoms with Gasteiger partial charge in [0, 0.05) is 24.3 Å². The smallest absolute Gasteiger partial charge is 0.321 e. The number of urea groups is 1. The quantitative estimate of drug-likeness (QED) is 0.369. The van der Waals surface area contributed by atoms with Gasteiger partial charge in [-0.1, -0.05) is 43.2 Å². The van der Waals surface area contributed by atoms with Gasteiger partial charge in [-0.25, -0.2) is 4.79 Å². The predicted octanol–water partition coefficient (Wildman–Crippen LogP) is 3.51. The lowest BCUT2D eigenvalue weighted by atomic mass is 9.95. The van der Waals surface area contributed by atoms with Crippen molar-refractivity contribution in [1.82, 2.24) is 25.4 Å². The molecule has 1 aliphatic rings. The second kappa shape index (κ2) is 12.1. The maximum absolute atomic E-state index is 12.2. The standard InChI is InChI=1S/C22H30N6O3S/c1-3-12-23-21(30)25-20(29)15-32-22-27-26-19(28(22)17-9-5-4-6-10-17)14-24-16-8-7-11-18(13-16)31-2/h3,7-8,11,13,17,24H,1,4-6,9-10,12,14-15H2,2H3,(H2,23,25,29,30). The highest BCUT2D eigenvalue weighted by Crippen LogP contribution is 2.33. The summed E-state index contributed by atoms with van der Waals surface area (Å²) in [6, 6.07) is 7.50. The van der Waals surface area contributed by atoms with E-state index in [-0.39, 0.29) is 11.7 Å². The summed E-state index contributed by atoms with van der Waals surface area (Å²) >= 11 is 1.29. The van der Waals surface area contributed by atoms with Crippen LogP contribution in [-0.2, 0) is 11.3 Å². The second-order valence-electron chi connectivity index (χ2n) is 7.48. The number of methoxy groups -OCH3 is 1. The molecule has 2 aromatic rings. The minimum Gasteiger partial charge on any atom is -0.497 e. The van der Waals surface area contributed by atoms with Crippen LogP contribution in [0.1, 0.15) is 44.0 Å². The zero-order chi connectivity index (χ0) is 22.8. The van der Waals surface area contributed by atoms with Crippen molar-refractivity contribution in [3.05, 3.63) is 42.7 Å². The van der Waals surface area contributed by atoms with Gasteiger partial charge in [0.15, 0.2) is 11.0 Å². The van der Waals surface area contributed by atoms with Gasteiger partial charge in [0.25, 0.3) is 0 Å². The summed E-state index contributed by atoms with van der Waals surface area (Å²) in [7, 11) is 1.64. The first-order valence-electron chi connectivity index (χ1n) is 10.7. The van der Waals surface area contributed by atoms with Crippen molar-refractivity contribution in [2.75, 3.05) is 24.7 Å². The van der Waals surface area contributed by atoms with Gasteiger partial charge < -0.3 is 19.9 Å². The summed E-state index contributed by atoms with van der Waals surface area (Å²) < 4.78 is 7.44. The molecule has 0 saturated heterocycles. The van der Waals surface area contributed by atoms with Crippen LogP contribution in [0, 0.1) is 0 Å². The molecule has 32 heavy (non-hydrogen) atoms. The van der Waals surface area contributed by atoms with Crippen molar-refractivity contribution in [2.24, 2.45) is 0 Å². The molecule has 1 aromatic heterocycles. The molecule has 3 amide bonds. The lowest BCUT2D eigenvalue weighted by Gasteiger charge is -2.25. The third kappa shape index (κ3) is 6.74. The van der Waals surface area contributed by atoms with E-state index in [4.69, 9.17) is 4.74 Å². The lowest BCUT2D eigenvalue weighted by molar-refractivity contribution is -0.117. The van der Waals surface area contributed by atoms with Crippen LogP contribution in [0.4, 0.5) is 10.5 Å². The van der Waals surface area contributed by atoms with Crippen LogP contribution in [-0.4, -0.2) is 46.1 Å². The lowest BCUT2D eigenvalue weighted by Crippen LogP contribution is -2.40. The summed E-state index contributed by atoms with van der Waals surface area (Å²) in [5.41, 5.74) is 0.932. The number of benzene rings is 1. The number of nitrogens with one attached hydrogen (secondary N) is 3. The highest BCUT2D eigenvalue weighted by molar-refractivity contribution is 7.99. The number of hydrogen-bond acceptors (Lipinski definition) is 7. The minimum atomic E-state index is -0.535. The van der Waals surface area contributed by atoms with Gasteiger partial charge in [-0.3, -0.25) is 10.1 Å². The van der Waals surface area contributed by atoms with E-state index in [0.717, 1.165) is 30.1 Å². The van der Waals surface area contributed by atoms with Crippen molar-refractivity contribution >= 4 is 29.4 Å². The molecule has 172 valence electrons. The molecule has 0 bridgehead atoms. The third-order valence-corrected chi connectivity index (χ3v) is 6.13. The molecule has 0 atom stereocenters. The van der Waals surface area contributed by atoms with Gasteiger partial charge in [0.1, 0.15) is 5.75 Å². The van der Waals surface area contributed by atoms with Gasteiger partial charge in [0.2, 0.25) is 5.91 Å². The SMILES string of the molecule is C=CCNC(=O)NC(=O)CSc1nnc(CNc2cccc(OC)c2)n1C1CCCCC1. The molecule has 0 aliphatic heterocycles. The number of nitrogens with zero attached hydrogens (tertiary/aromatic N) is 3. The third-order valence-electron chi connectivity index (χ3n) is 5.19. The number of anilines is 1. The molecule has 9 nitrogen and oxygen atoms in total. The second-order valence-corrected chi connectivity index (χ2v) is 8.42. The van der Waals surface area contributed by atoms with E-state index in [1.807, 2.05) is 24.3 Å². The Labute approximate surface area is 192 Å². The van der Waals surface area contributed by atoms with Gasteiger partial charge in [-0.05, 0) is 25.0 Å². The van der Waals surface area contributed by atoms with Crippen LogP contribution in [0.3, 0.4) is 0 Å². The Hall–Kier alpha value is -3.01. The monoisotopic (exact) mass is 458 g/mol. The van der Waals surface area contributed by atoms with Gasteiger partial charge >= 0.3 is 6.03 Å². The van der Waals surface area contributed by atoms with Crippen molar-refractivity contribution in [2.45, 2.75) is 49.8 Å². The zero-order valence-electron chi connectivity index (χ0n) is 18.3. The van der Waals surface area contributed by atoms with Gasteiger partial charge in [0.05, 0.1) is 19.4 Å². The summed E-state index contributed by atoms with van der Waals surface area (Å²) in [5, 5.41) is 17.7. The first-order valence-corrected chi connectivity index (χ1v) is 11.7. The van der Waals surface area contributed by atoms with Crippen molar-refractivity contribution in [3.63, 3.8) is 0 Å². The average molecular weight is 459 g/mol. The Morgan fingerprint density at radius 3 is 2.84 bits per heavy atom. The van der Waals surface area contributed by atoms with Gasteiger partial charge in [-0.15, -0.1) is 16.8 Å². The molecule has 3 N–H and O–H groups in total. The molecular formula is C22H30N6O3S. The summed E-state index contributed by atoms with van der Waals surface area (Å²) in [6.45, 7) is 4.33. The van der Waals surface area contributed by atoms with E-state index in [1.54, 1.807) is 13.2 Å². The van der Waals surface area contributed by atoms with Crippen molar-refractivity contribution < 1.29 is 14.3 Å². The summed E-state index contributed by atoms with van der Waals surface area (Å²) in [6.07, 6.45) is 7.24. The molecule has 0 unspecified atom stereocenters. The Kier molecular flexibility index (Phi) is 8.97. The first kappa shape index (κ1) is 23.6. The Bertz CT molecular complexity index is 926. The molecule has 0 spiro atoms. The average Bonchev–Trinajstić information content (AvgIpc) is 3.23. The molecule has 0 radical (unpaired) electrons. The summed E-state index contributed by atoms with van der Waals surface area (Å²) in [4.78, 5) is 23.8. The first-order chi connectivity index (χ1) is 15.6. The van der Waals surface area contributed by atoms with Crippen LogP contribution < -0.4 is 20.7 Å². The van der Waals surface area contributed by atoms with Crippen molar-refractivity contribution in [1.29, 1.82) is 0 Å². The Morgan fingerprint density at radius 1 is 1.28 bits per heavy atom. The molecular weight excluding hydrogens is 428 g/mol. The Morgan fingerprint density at radius 2 is 2.09 bits per heavy atom. The number of imide groups is 1. The van der Waals surface area contributed by atoms with Crippen LogP contribution >= 0.6 is 11.8 Å². The number of rotatable bonds is 10. The van der Waals surface area contributed by atoms with E-state index < -0.39 is 6.03 Å². The molecule has 1 saturated carbocycles. The fraction of sp³-hybridized carbons (Fsp3) is 0.455. The summed E-state index contributed by atoms with van der Waals surface area (Å²) in [5.74, 6) is 1.30. The van der Waals surface area contributed by atoms with Crippen LogP contribution in [0.2, 0.25) is 0 Å². The number of ether oxygens (including phenoxy) is 1. The van der Waals surface area contributed by atoms with E-state index in [2.05, 4.69) is 37.3 Å². The fourth-order valence-electron chi connectivity index (χ4n) is 3.65. The normalized spacial score (nSPS) is 13.9. The zero-order valence-corrected chi connectivity index (χ0v) is 19.1. The number of carbonyl (C=O) groups excluding carboxylic acids is 2. The molecule has 10 heteroatoms. The number of hydrogen-bond donors (Lipinski definition) is 3. The Balaban J connectivity index is 1.67. The van der Waals surface area contributed by atoms with Crippen LogP contribution in [0.15, 0.2) is 42.1 Å². The molecule has 3 rings (SSSR count). The maximum Gasteiger partial charge on any atom is 0.321 e. The van der Waals surface area contributed by atoms with Gasteiger partial charge in [-0.2, -0.15) is 0 Å². The highest BCUT2D eigenvalue weighted by atomic mass is 32.2. The largest absolute Gasteiger partial charge is 0.497 e. The van der Waals surface area contributed by atoms with Crippen LogP contribution in [0.5, 0.6) is 5.75 Å². The minimum absolute atomic E-state index is 0.0790. The van der Waals surface area contributed by atoms with Crippen molar-refractivity contribution in [3.8, 4) is 5.75 Å². The molecule has 1 heterocycles. The molecule has 1 aliphatic carbocycles.